The fourth-order valence-corrected chi connectivity index (χ4v) is 1.88. The minimum absolute atomic E-state index is 0.132. The lowest BCUT2D eigenvalue weighted by molar-refractivity contribution is 0.241. The van der Waals surface area contributed by atoms with Crippen LogP contribution in [0.4, 0.5) is 4.39 Å². The molecule has 0 aliphatic rings. The molecule has 0 saturated carbocycles. The Hall–Kier alpha value is -1.43. The molecule has 96 valence electrons. The van der Waals surface area contributed by atoms with Crippen LogP contribution in [0.15, 0.2) is 27.2 Å². The Labute approximate surface area is 112 Å². The third kappa shape index (κ3) is 3.53. The first-order valence-electron chi connectivity index (χ1n) is 5.57. The molecule has 2 rings (SSSR count). The first-order chi connectivity index (χ1) is 8.67. The van der Waals surface area contributed by atoms with E-state index in [9.17, 15) is 4.39 Å². The second kappa shape index (κ2) is 5.95. The Balaban J connectivity index is 1.97. The number of halogens is 2. The van der Waals surface area contributed by atoms with E-state index in [1.54, 1.807) is 6.07 Å². The Morgan fingerprint density at radius 1 is 1.39 bits per heavy atom. The summed E-state index contributed by atoms with van der Waals surface area (Å²) in [4.78, 5) is 4.15. The minimum Gasteiger partial charge on any atom is -0.484 e. The number of aromatic nitrogens is 2. The van der Waals surface area contributed by atoms with E-state index >= 15 is 0 Å². The normalized spacial score (nSPS) is 10.6. The molecule has 0 aliphatic carbocycles. The molecule has 0 radical (unpaired) electrons. The van der Waals surface area contributed by atoms with Gasteiger partial charge in [-0.25, -0.2) is 4.39 Å². The molecule has 6 heteroatoms. The average molecular weight is 315 g/mol. The van der Waals surface area contributed by atoms with Gasteiger partial charge in [0.25, 0.3) is 5.89 Å². The highest BCUT2D eigenvalue weighted by atomic mass is 79.9. The molecular weight excluding hydrogens is 303 g/mol. The minimum atomic E-state index is -0.364. The largest absolute Gasteiger partial charge is 0.484 e. The predicted octanol–water partition coefficient (Wildman–Crippen LogP) is 3.50. The SMILES string of the molecule is CCCc1noc(COc2cc(F)cc(Br)c2)n1. The van der Waals surface area contributed by atoms with Gasteiger partial charge in [0.15, 0.2) is 12.4 Å². The summed E-state index contributed by atoms with van der Waals surface area (Å²) in [5.74, 6) is 1.10. The molecule has 0 atom stereocenters. The number of rotatable bonds is 5. The van der Waals surface area contributed by atoms with Crippen molar-refractivity contribution in [3.63, 3.8) is 0 Å². The standard InChI is InChI=1S/C12H12BrFN2O2/c1-2-3-11-15-12(18-16-11)7-17-10-5-8(13)4-9(14)6-10/h4-6H,2-3,7H2,1H3. The molecule has 0 spiro atoms. The van der Waals surface area contributed by atoms with Crippen LogP contribution in [0.25, 0.3) is 0 Å². The van der Waals surface area contributed by atoms with Crippen LogP contribution in [-0.2, 0) is 13.0 Å². The van der Waals surface area contributed by atoms with Crippen LogP contribution in [0.3, 0.4) is 0 Å². The zero-order chi connectivity index (χ0) is 13.0. The van der Waals surface area contributed by atoms with Crippen molar-refractivity contribution in [2.24, 2.45) is 0 Å². The van der Waals surface area contributed by atoms with E-state index < -0.39 is 0 Å². The van der Waals surface area contributed by atoms with Crippen molar-refractivity contribution in [3.8, 4) is 5.75 Å². The van der Waals surface area contributed by atoms with Crippen molar-refractivity contribution in [1.29, 1.82) is 0 Å². The van der Waals surface area contributed by atoms with Crippen molar-refractivity contribution >= 4 is 15.9 Å². The third-order valence-electron chi connectivity index (χ3n) is 2.18. The zero-order valence-corrected chi connectivity index (χ0v) is 11.4. The fourth-order valence-electron chi connectivity index (χ4n) is 1.43. The summed E-state index contributed by atoms with van der Waals surface area (Å²) in [7, 11) is 0. The lowest BCUT2D eigenvalue weighted by atomic mass is 10.3. The molecule has 0 bridgehead atoms. The highest BCUT2D eigenvalue weighted by Crippen LogP contribution is 2.21. The van der Waals surface area contributed by atoms with E-state index in [0.717, 1.165) is 12.8 Å². The van der Waals surface area contributed by atoms with Crippen molar-refractivity contribution in [1.82, 2.24) is 10.1 Å². The highest BCUT2D eigenvalue weighted by Gasteiger charge is 2.07. The second-order valence-corrected chi connectivity index (χ2v) is 4.66. The maximum atomic E-state index is 13.1. The van der Waals surface area contributed by atoms with E-state index in [-0.39, 0.29) is 12.4 Å². The van der Waals surface area contributed by atoms with Gasteiger partial charge in [-0.3, -0.25) is 0 Å². The summed E-state index contributed by atoms with van der Waals surface area (Å²) < 4.78 is 24.1. The van der Waals surface area contributed by atoms with Crippen LogP contribution in [0.2, 0.25) is 0 Å². The smallest absolute Gasteiger partial charge is 0.264 e. The van der Waals surface area contributed by atoms with Gasteiger partial charge in [0.1, 0.15) is 11.6 Å². The fraction of sp³-hybridized carbons (Fsp3) is 0.333. The summed E-state index contributed by atoms with van der Waals surface area (Å²) in [5.41, 5.74) is 0. The van der Waals surface area contributed by atoms with Crippen LogP contribution >= 0.6 is 15.9 Å². The molecule has 0 unspecified atom stereocenters. The van der Waals surface area contributed by atoms with Gasteiger partial charge in [0.2, 0.25) is 0 Å². The van der Waals surface area contributed by atoms with Gasteiger partial charge in [-0.2, -0.15) is 4.98 Å². The van der Waals surface area contributed by atoms with Crippen molar-refractivity contribution in [2.75, 3.05) is 0 Å². The van der Waals surface area contributed by atoms with E-state index in [1.165, 1.54) is 12.1 Å². The molecule has 0 fully saturated rings. The van der Waals surface area contributed by atoms with Crippen LogP contribution in [0, 0.1) is 5.82 Å². The lowest BCUT2D eigenvalue weighted by Crippen LogP contribution is -1.96. The molecule has 1 heterocycles. The number of aryl methyl sites for hydroxylation is 1. The maximum absolute atomic E-state index is 13.1. The number of benzene rings is 1. The number of hydrogen-bond donors (Lipinski definition) is 0. The molecule has 1 aromatic carbocycles. The predicted molar refractivity (Wildman–Crippen MR) is 66.7 cm³/mol. The summed E-state index contributed by atoms with van der Waals surface area (Å²) in [6, 6.07) is 4.33. The zero-order valence-electron chi connectivity index (χ0n) is 9.82. The van der Waals surface area contributed by atoms with E-state index in [4.69, 9.17) is 9.26 Å². The summed E-state index contributed by atoms with van der Waals surface area (Å²) in [6.45, 7) is 2.17. The third-order valence-corrected chi connectivity index (χ3v) is 2.64. The van der Waals surface area contributed by atoms with E-state index in [1.807, 2.05) is 6.92 Å². The molecule has 4 nitrogen and oxygen atoms in total. The van der Waals surface area contributed by atoms with Gasteiger partial charge in [0.05, 0.1) is 0 Å². The molecule has 2 aromatic rings. The molecular formula is C12H12BrFN2O2. The molecule has 18 heavy (non-hydrogen) atoms. The number of nitrogens with zero attached hydrogens (tertiary/aromatic N) is 2. The Morgan fingerprint density at radius 3 is 2.94 bits per heavy atom. The Bertz CT molecular complexity index is 510. The van der Waals surface area contributed by atoms with Gasteiger partial charge < -0.3 is 9.26 Å². The lowest BCUT2D eigenvalue weighted by Gasteiger charge is -2.03. The van der Waals surface area contributed by atoms with Crippen LogP contribution in [-0.4, -0.2) is 10.1 Å². The first kappa shape index (κ1) is 13.0. The molecule has 0 saturated heterocycles. The topological polar surface area (TPSA) is 48.2 Å². The highest BCUT2D eigenvalue weighted by molar-refractivity contribution is 9.10. The molecule has 0 N–H and O–H groups in total. The van der Waals surface area contributed by atoms with Crippen LogP contribution in [0.5, 0.6) is 5.75 Å². The summed E-state index contributed by atoms with van der Waals surface area (Å²) in [5, 5.41) is 3.80. The number of hydrogen-bond acceptors (Lipinski definition) is 4. The van der Waals surface area contributed by atoms with Crippen molar-refractivity contribution < 1.29 is 13.7 Å². The molecule has 0 amide bonds. The van der Waals surface area contributed by atoms with Crippen LogP contribution < -0.4 is 4.74 Å². The molecule has 1 aromatic heterocycles. The van der Waals surface area contributed by atoms with Gasteiger partial charge in [-0.1, -0.05) is 28.0 Å². The first-order valence-corrected chi connectivity index (χ1v) is 6.37. The Morgan fingerprint density at radius 2 is 2.22 bits per heavy atom. The quantitative estimate of drug-likeness (QED) is 0.847. The van der Waals surface area contributed by atoms with E-state index in [0.29, 0.717) is 21.9 Å². The maximum Gasteiger partial charge on any atom is 0.264 e. The monoisotopic (exact) mass is 314 g/mol. The van der Waals surface area contributed by atoms with Gasteiger partial charge in [-0.15, -0.1) is 0 Å². The van der Waals surface area contributed by atoms with Gasteiger partial charge in [-0.05, 0) is 18.6 Å². The Kier molecular flexibility index (Phi) is 4.30. The van der Waals surface area contributed by atoms with Crippen molar-refractivity contribution in [3.05, 3.63) is 40.2 Å². The average Bonchev–Trinajstić information content (AvgIpc) is 2.74. The van der Waals surface area contributed by atoms with E-state index in [2.05, 4.69) is 26.1 Å². The van der Waals surface area contributed by atoms with Crippen molar-refractivity contribution in [2.45, 2.75) is 26.4 Å². The summed E-state index contributed by atoms with van der Waals surface area (Å²) >= 11 is 3.19. The molecule has 0 aliphatic heterocycles. The number of ether oxygens (including phenoxy) is 1. The van der Waals surface area contributed by atoms with Gasteiger partial charge >= 0.3 is 0 Å². The van der Waals surface area contributed by atoms with Gasteiger partial charge in [0, 0.05) is 17.0 Å². The van der Waals surface area contributed by atoms with Crippen LogP contribution in [0.1, 0.15) is 25.1 Å². The summed E-state index contributed by atoms with van der Waals surface area (Å²) in [6.07, 6.45) is 1.73. The second-order valence-electron chi connectivity index (χ2n) is 3.75.